The van der Waals surface area contributed by atoms with E-state index < -0.39 is 64.3 Å². The van der Waals surface area contributed by atoms with E-state index in [0.717, 1.165) is 4.90 Å². The molecule has 2 unspecified atom stereocenters. The Balaban J connectivity index is 5.29. The number of nitrogens with zero attached hydrogens (tertiary/aromatic N) is 1. The average molecular weight is 385 g/mol. The number of alkyl halides is 6. The summed E-state index contributed by atoms with van der Waals surface area (Å²) in [4.78, 5) is 12.8. The van der Waals surface area contributed by atoms with E-state index >= 15 is 0 Å². The standard InChI is InChI=1S/C13H21F6NO3S/c1-4-9(13(17,18)19)5-6-10(11(21)20(2)3)24(22,23)8-7-12(14,15)16/h9-10H,4-8H2,1-3H3. The Morgan fingerprint density at radius 3 is 1.88 bits per heavy atom. The second-order valence-electron chi connectivity index (χ2n) is 5.68. The van der Waals surface area contributed by atoms with Gasteiger partial charge >= 0.3 is 12.4 Å². The van der Waals surface area contributed by atoms with Gasteiger partial charge in [-0.1, -0.05) is 6.92 Å². The fourth-order valence-corrected chi connectivity index (χ4v) is 3.91. The molecule has 4 nitrogen and oxygen atoms in total. The highest BCUT2D eigenvalue weighted by Gasteiger charge is 2.42. The lowest BCUT2D eigenvalue weighted by molar-refractivity contribution is -0.177. The van der Waals surface area contributed by atoms with Crippen molar-refractivity contribution in [3.63, 3.8) is 0 Å². The van der Waals surface area contributed by atoms with Gasteiger partial charge in [0, 0.05) is 14.1 Å². The molecule has 144 valence electrons. The molecule has 0 aromatic rings. The lowest BCUT2D eigenvalue weighted by Gasteiger charge is -2.24. The van der Waals surface area contributed by atoms with Crippen LogP contribution >= 0.6 is 0 Å². The van der Waals surface area contributed by atoms with Crippen LogP contribution in [-0.2, 0) is 14.6 Å². The minimum atomic E-state index is -4.74. The molecule has 0 spiro atoms. The summed E-state index contributed by atoms with van der Waals surface area (Å²) in [5.74, 6) is -4.16. The Kier molecular flexibility index (Phi) is 8.04. The minimum absolute atomic E-state index is 0.311. The molecule has 0 N–H and O–H groups in total. The van der Waals surface area contributed by atoms with Crippen LogP contribution in [0.15, 0.2) is 0 Å². The Morgan fingerprint density at radius 1 is 1.04 bits per heavy atom. The van der Waals surface area contributed by atoms with Gasteiger partial charge in [0.25, 0.3) is 0 Å². The number of hydrogen-bond acceptors (Lipinski definition) is 3. The maximum Gasteiger partial charge on any atom is 0.391 e. The first-order chi connectivity index (χ1) is 10.6. The van der Waals surface area contributed by atoms with Crippen molar-refractivity contribution in [1.82, 2.24) is 4.90 Å². The van der Waals surface area contributed by atoms with Crippen LogP contribution in [0.1, 0.15) is 32.6 Å². The van der Waals surface area contributed by atoms with E-state index in [1.165, 1.54) is 21.0 Å². The van der Waals surface area contributed by atoms with Gasteiger partial charge in [-0.2, -0.15) is 26.3 Å². The molecule has 11 heteroatoms. The number of rotatable bonds is 8. The van der Waals surface area contributed by atoms with Crippen LogP contribution in [0.25, 0.3) is 0 Å². The fourth-order valence-electron chi connectivity index (χ4n) is 2.10. The summed E-state index contributed by atoms with van der Waals surface area (Å²) in [6, 6.07) is 0. The molecule has 0 radical (unpaired) electrons. The maximum atomic E-state index is 12.7. The molecular formula is C13H21F6NO3S. The smallest absolute Gasteiger partial charge is 0.348 e. The van der Waals surface area contributed by atoms with Crippen LogP contribution in [0, 0.1) is 5.92 Å². The van der Waals surface area contributed by atoms with Gasteiger partial charge in [-0.25, -0.2) is 8.42 Å². The molecule has 0 aromatic carbocycles. The second kappa shape index (κ2) is 8.39. The van der Waals surface area contributed by atoms with Crippen molar-refractivity contribution in [1.29, 1.82) is 0 Å². The molecule has 24 heavy (non-hydrogen) atoms. The van der Waals surface area contributed by atoms with Gasteiger partial charge in [0.15, 0.2) is 9.84 Å². The lowest BCUT2D eigenvalue weighted by Crippen LogP contribution is -2.41. The van der Waals surface area contributed by atoms with E-state index in [2.05, 4.69) is 0 Å². The summed E-state index contributed by atoms with van der Waals surface area (Å²) in [7, 11) is -2.15. The molecule has 0 aliphatic carbocycles. The summed E-state index contributed by atoms with van der Waals surface area (Å²) in [6.07, 6.45) is -12.6. The third-order valence-corrected chi connectivity index (χ3v) is 5.63. The van der Waals surface area contributed by atoms with Gasteiger partial charge in [-0.3, -0.25) is 4.79 Å². The van der Waals surface area contributed by atoms with Crippen molar-refractivity contribution in [3.8, 4) is 0 Å². The highest BCUT2D eigenvalue weighted by molar-refractivity contribution is 7.92. The number of halogens is 6. The quantitative estimate of drug-likeness (QED) is 0.603. The van der Waals surface area contributed by atoms with Gasteiger partial charge in [0.1, 0.15) is 5.25 Å². The summed E-state index contributed by atoms with van der Waals surface area (Å²) in [5.41, 5.74) is 0. The van der Waals surface area contributed by atoms with Crippen LogP contribution in [-0.4, -0.2) is 56.7 Å². The van der Waals surface area contributed by atoms with Crippen LogP contribution in [0.4, 0.5) is 26.3 Å². The predicted octanol–water partition coefficient (Wildman–Crippen LogP) is 3.18. The van der Waals surface area contributed by atoms with Crippen molar-refractivity contribution in [2.45, 2.75) is 50.2 Å². The van der Waals surface area contributed by atoms with E-state index in [9.17, 15) is 39.6 Å². The molecular weight excluding hydrogens is 364 g/mol. The fraction of sp³-hybridized carbons (Fsp3) is 0.923. The molecule has 0 aliphatic rings. The third kappa shape index (κ3) is 7.71. The maximum absolute atomic E-state index is 12.7. The molecule has 0 aliphatic heterocycles. The Hall–Kier alpha value is -1.00. The van der Waals surface area contributed by atoms with E-state index in [-0.39, 0.29) is 6.42 Å². The second-order valence-corrected chi connectivity index (χ2v) is 7.98. The predicted molar refractivity (Wildman–Crippen MR) is 76.0 cm³/mol. The van der Waals surface area contributed by atoms with Crippen LogP contribution in [0.3, 0.4) is 0 Å². The number of carbonyl (C=O) groups is 1. The first-order valence-corrected chi connectivity index (χ1v) is 8.89. The first kappa shape index (κ1) is 23.0. The number of sulfone groups is 1. The summed E-state index contributed by atoms with van der Waals surface area (Å²) in [5, 5.41) is -1.91. The molecule has 0 saturated carbocycles. The summed E-state index contributed by atoms with van der Waals surface area (Å²) in [6.45, 7) is 1.26. The highest BCUT2D eigenvalue weighted by Crippen LogP contribution is 2.33. The topological polar surface area (TPSA) is 54.5 Å². The van der Waals surface area contributed by atoms with Gasteiger partial charge < -0.3 is 4.90 Å². The van der Waals surface area contributed by atoms with Crippen LogP contribution < -0.4 is 0 Å². The van der Waals surface area contributed by atoms with Crippen molar-refractivity contribution in [2.75, 3.05) is 19.8 Å². The average Bonchev–Trinajstić information content (AvgIpc) is 2.38. The van der Waals surface area contributed by atoms with Gasteiger partial charge in [0.05, 0.1) is 18.1 Å². The van der Waals surface area contributed by atoms with Crippen LogP contribution in [0.5, 0.6) is 0 Å². The van der Waals surface area contributed by atoms with E-state index in [1.807, 2.05) is 0 Å². The Labute approximate surface area is 137 Å². The first-order valence-electron chi connectivity index (χ1n) is 7.18. The molecule has 0 aromatic heterocycles. The van der Waals surface area contributed by atoms with E-state index in [0.29, 0.717) is 0 Å². The van der Waals surface area contributed by atoms with Gasteiger partial charge in [0.2, 0.25) is 5.91 Å². The van der Waals surface area contributed by atoms with Crippen molar-refractivity contribution < 1.29 is 39.6 Å². The molecule has 0 rings (SSSR count). The largest absolute Gasteiger partial charge is 0.391 e. The molecule has 0 bridgehead atoms. The monoisotopic (exact) mass is 385 g/mol. The van der Waals surface area contributed by atoms with Crippen molar-refractivity contribution >= 4 is 15.7 Å². The SMILES string of the molecule is CCC(CCC(C(=O)N(C)C)S(=O)(=O)CCC(F)(F)F)C(F)(F)F. The summed E-state index contributed by atoms with van der Waals surface area (Å²) < 4.78 is 99.0. The molecule has 2 atom stereocenters. The zero-order valence-electron chi connectivity index (χ0n) is 13.5. The normalized spacial score (nSPS) is 15.9. The zero-order chi connectivity index (χ0) is 19.3. The molecule has 0 heterocycles. The number of hydrogen-bond donors (Lipinski definition) is 0. The van der Waals surface area contributed by atoms with Gasteiger partial charge in [-0.15, -0.1) is 0 Å². The Bertz CT molecular complexity index is 513. The molecule has 0 fully saturated rings. The van der Waals surface area contributed by atoms with Crippen molar-refractivity contribution in [2.24, 2.45) is 5.92 Å². The minimum Gasteiger partial charge on any atom is -0.348 e. The zero-order valence-corrected chi connectivity index (χ0v) is 14.4. The number of amides is 1. The van der Waals surface area contributed by atoms with E-state index in [4.69, 9.17) is 0 Å². The number of carbonyl (C=O) groups excluding carboxylic acids is 1. The van der Waals surface area contributed by atoms with Crippen molar-refractivity contribution in [3.05, 3.63) is 0 Å². The summed E-state index contributed by atoms with van der Waals surface area (Å²) >= 11 is 0. The van der Waals surface area contributed by atoms with Gasteiger partial charge in [-0.05, 0) is 19.3 Å². The third-order valence-electron chi connectivity index (χ3n) is 3.55. The van der Waals surface area contributed by atoms with Crippen LogP contribution in [0.2, 0.25) is 0 Å². The molecule has 1 amide bonds. The highest BCUT2D eigenvalue weighted by atomic mass is 32.2. The lowest BCUT2D eigenvalue weighted by atomic mass is 9.98. The molecule has 0 saturated heterocycles. The van der Waals surface area contributed by atoms with E-state index in [1.54, 1.807) is 0 Å². The Morgan fingerprint density at radius 2 is 1.54 bits per heavy atom.